The molecule has 0 saturated carbocycles. The largest absolute Gasteiger partial charge is 0.369 e. The molecular weight excluding hydrogens is 222 g/mol. The lowest BCUT2D eigenvalue weighted by Crippen LogP contribution is -2.36. The minimum absolute atomic E-state index is 0.0567. The van der Waals surface area contributed by atoms with E-state index < -0.39 is 21.0 Å². The number of alkyl halides is 1. The highest BCUT2D eigenvalue weighted by atomic mass is 79.9. The van der Waals surface area contributed by atoms with Crippen LogP contribution in [0, 0.1) is 0 Å². The molecule has 4 nitrogen and oxygen atoms in total. The van der Waals surface area contributed by atoms with Gasteiger partial charge < -0.3 is 5.73 Å². The number of amides is 1. The summed E-state index contributed by atoms with van der Waals surface area (Å²) in [6, 6.07) is 0. The van der Waals surface area contributed by atoms with Crippen molar-refractivity contribution in [2.24, 2.45) is 5.73 Å². The maximum absolute atomic E-state index is 10.7. The Bertz CT molecular complexity index is 223. The first kappa shape index (κ1) is 9.90. The number of nitrogens with two attached hydrogens (primary N) is 1. The summed E-state index contributed by atoms with van der Waals surface area (Å²) in [6.07, 6.45) is 0.976. The van der Waals surface area contributed by atoms with Crippen LogP contribution in [0.25, 0.3) is 0 Å². The van der Waals surface area contributed by atoms with E-state index in [1.54, 1.807) is 0 Å². The van der Waals surface area contributed by atoms with Crippen molar-refractivity contribution in [3.8, 4) is 0 Å². The summed E-state index contributed by atoms with van der Waals surface area (Å²) in [6.45, 7) is 0. The summed E-state index contributed by atoms with van der Waals surface area (Å²) in [5.41, 5.74) is 4.79. The summed E-state index contributed by atoms with van der Waals surface area (Å²) in [5, 5.41) is -1.05. The predicted octanol–water partition coefficient (Wildman–Crippen LogP) is -0.720. The van der Waals surface area contributed by atoms with Crippen LogP contribution < -0.4 is 5.73 Å². The van der Waals surface area contributed by atoms with Gasteiger partial charge in [0.15, 0.2) is 9.84 Å². The molecule has 0 spiro atoms. The van der Waals surface area contributed by atoms with Crippen LogP contribution in [0.3, 0.4) is 0 Å². The molecule has 1 atom stereocenters. The quantitative estimate of drug-likeness (QED) is 0.650. The van der Waals surface area contributed by atoms with E-state index in [1.807, 2.05) is 0 Å². The van der Waals surface area contributed by atoms with E-state index in [0.29, 0.717) is 0 Å². The highest BCUT2D eigenvalue weighted by Gasteiger charge is 2.24. The van der Waals surface area contributed by atoms with Crippen molar-refractivity contribution in [3.63, 3.8) is 0 Å². The van der Waals surface area contributed by atoms with Gasteiger partial charge >= 0.3 is 0 Å². The fourth-order valence-corrected chi connectivity index (χ4v) is 2.81. The Hall–Kier alpha value is -0.100. The Morgan fingerprint density at radius 3 is 2.10 bits per heavy atom. The SMILES string of the molecule is CS(=O)(=O)C(CBr)C(N)=O. The second-order valence-electron chi connectivity index (χ2n) is 1.87. The zero-order valence-corrected chi connectivity index (χ0v) is 7.78. The third kappa shape index (κ3) is 2.66. The molecule has 0 heterocycles. The first-order valence-electron chi connectivity index (χ1n) is 2.43. The van der Waals surface area contributed by atoms with Gasteiger partial charge in [-0.1, -0.05) is 15.9 Å². The highest BCUT2D eigenvalue weighted by molar-refractivity contribution is 9.09. The molecule has 1 amide bonds. The number of primary amides is 1. The average Bonchev–Trinajstić information content (AvgIpc) is 1.60. The minimum atomic E-state index is -3.34. The van der Waals surface area contributed by atoms with Gasteiger partial charge in [-0.3, -0.25) is 4.79 Å². The van der Waals surface area contributed by atoms with E-state index in [4.69, 9.17) is 5.73 Å². The summed E-state index contributed by atoms with van der Waals surface area (Å²) in [4.78, 5) is 10.4. The van der Waals surface area contributed by atoms with E-state index in [0.717, 1.165) is 6.26 Å². The number of hydrogen-bond acceptors (Lipinski definition) is 3. The summed E-state index contributed by atoms with van der Waals surface area (Å²) in [5.74, 6) is -0.820. The van der Waals surface area contributed by atoms with Gasteiger partial charge in [0, 0.05) is 11.6 Å². The van der Waals surface area contributed by atoms with Gasteiger partial charge in [0.25, 0.3) is 0 Å². The summed E-state index contributed by atoms with van der Waals surface area (Å²) >= 11 is 2.87. The zero-order chi connectivity index (χ0) is 8.36. The Kier molecular flexibility index (Phi) is 3.30. The molecule has 0 radical (unpaired) electrons. The predicted molar refractivity (Wildman–Crippen MR) is 41.6 cm³/mol. The number of hydrogen-bond donors (Lipinski definition) is 1. The van der Waals surface area contributed by atoms with Gasteiger partial charge in [0.05, 0.1) is 0 Å². The fraction of sp³-hybridized carbons (Fsp3) is 0.750. The summed E-state index contributed by atoms with van der Waals surface area (Å²) < 4.78 is 21.3. The van der Waals surface area contributed by atoms with Gasteiger partial charge in [-0.2, -0.15) is 0 Å². The number of carbonyl (C=O) groups excluding carboxylic acids is 1. The van der Waals surface area contributed by atoms with Gasteiger partial charge in [-0.15, -0.1) is 0 Å². The van der Waals surface area contributed by atoms with Gasteiger partial charge in [-0.25, -0.2) is 8.42 Å². The van der Waals surface area contributed by atoms with Crippen molar-refractivity contribution >= 4 is 31.7 Å². The molecule has 2 N–H and O–H groups in total. The molecule has 0 aliphatic carbocycles. The van der Waals surface area contributed by atoms with Crippen LogP contribution in [-0.2, 0) is 14.6 Å². The van der Waals surface area contributed by atoms with Crippen LogP contribution in [-0.4, -0.2) is 31.2 Å². The van der Waals surface area contributed by atoms with Gasteiger partial charge in [-0.05, 0) is 0 Å². The Morgan fingerprint density at radius 1 is 1.70 bits per heavy atom. The lowest BCUT2D eigenvalue weighted by Gasteiger charge is -2.05. The topological polar surface area (TPSA) is 77.2 Å². The molecule has 1 unspecified atom stereocenters. The first-order chi connectivity index (χ1) is 4.39. The van der Waals surface area contributed by atoms with Gasteiger partial charge in [0.1, 0.15) is 5.25 Å². The lowest BCUT2D eigenvalue weighted by atomic mass is 10.5. The van der Waals surface area contributed by atoms with E-state index in [1.165, 1.54) is 0 Å². The fourth-order valence-electron chi connectivity index (χ4n) is 0.401. The monoisotopic (exact) mass is 229 g/mol. The van der Waals surface area contributed by atoms with E-state index in [2.05, 4.69) is 15.9 Å². The van der Waals surface area contributed by atoms with Crippen LogP contribution in [0.5, 0.6) is 0 Å². The maximum atomic E-state index is 10.7. The molecule has 0 aromatic heterocycles. The lowest BCUT2D eigenvalue weighted by molar-refractivity contribution is -0.117. The average molecular weight is 230 g/mol. The third-order valence-electron chi connectivity index (χ3n) is 0.974. The number of sulfone groups is 1. The second kappa shape index (κ2) is 3.34. The van der Waals surface area contributed by atoms with Crippen LogP contribution in [0.15, 0.2) is 0 Å². The normalized spacial score (nSPS) is 14.6. The van der Waals surface area contributed by atoms with Crippen molar-refractivity contribution in [2.75, 3.05) is 11.6 Å². The molecule has 0 fully saturated rings. The second-order valence-corrected chi connectivity index (χ2v) is 4.75. The molecular formula is C4H8BrNO3S. The molecule has 0 bridgehead atoms. The summed E-state index contributed by atoms with van der Waals surface area (Å²) in [7, 11) is -3.34. The number of halogens is 1. The molecule has 0 rings (SSSR count). The number of carbonyl (C=O) groups is 1. The Balaban J connectivity index is 4.55. The third-order valence-corrected chi connectivity index (χ3v) is 3.48. The van der Waals surface area contributed by atoms with E-state index in [9.17, 15) is 13.2 Å². The Labute approximate surface area is 67.8 Å². The van der Waals surface area contributed by atoms with Crippen molar-refractivity contribution in [1.82, 2.24) is 0 Å². The first-order valence-corrected chi connectivity index (χ1v) is 5.51. The van der Waals surface area contributed by atoms with Crippen LogP contribution >= 0.6 is 15.9 Å². The minimum Gasteiger partial charge on any atom is -0.369 e. The molecule has 0 aromatic carbocycles. The molecule has 10 heavy (non-hydrogen) atoms. The Morgan fingerprint density at radius 2 is 2.10 bits per heavy atom. The number of rotatable bonds is 3. The highest BCUT2D eigenvalue weighted by Crippen LogP contribution is 2.01. The molecule has 6 heteroatoms. The van der Waals surface area contributed by atoms with Crippen LogP contribution in [0.2, 0.25) is 0 Å². The van der Waals surface area contributed by atoms with Crippen LogP contribution in [0.1, 0.15) is 0 Å². The van der Waals surface area contributed by atoms with Crippen molar-refractivity contribution in [1.29, 1.82) is 0 Å². The molecule has 60 valence electrons. The van der Waals surface area contributed by atoms with E-state index in [-0.39, 0.29) is 5.33 Å². The molecule has 0 saturated heterocycles. The molecule has 0 aliphatic rings. The van der Waals surface area contributed by atoms with Crippen molar-refractivity contribution in [3.05, 3.63) is 0 Å². The smallest absolute Gasteiger partial charge is 0.236 e. The van der Waals surface area contributed by atoms with Crippen LogP contribution in [0.4, 0.5) is 0 Å². The molecule has 0 aliphatic heterocycles. The van der Waals surface area contributed by atoms with E-state index >= 15 is 0 Å². The molecule has 0 aromatic rings. The van der Waals surface area contributed by atoms with Gasteiger partial charge in [0.2, 0.25) is 5.91 Å². The van der Waals surface area contributed by atoms with Crippen molar-refractivity contribution < 1.29 is 13.2 Å². The maximum Gasteiger partial charge on any atom is 0.236 e. The zero-order valence-electron chi connectivity index (χ0n) is 5.37. The van der Waals surface area contributed by atoms with Crippen molar-refractivity contribution in [2.45, 2.75) is 5.25 Å². The standard InChI is InChI=1S/C4H8BrNO3S/c1-10(8,9)3(2-5)4(6)7/h3H,2H2,1H3,(H2,6,7).